The Morgan fingerprint density at radius 1 is 0.562 bits per heavy atom. The van der Waals surface area contributed by atoms with Crippen LogP contribution >= 0.6 is 34.8 Å². The first kappa shape index (κ1) is 74.8. The Kier molecular flexibility index (Phi) is 22.6. The van der Waals surface area contributed by atoms with E-state index in [0.29, 0.717) is 55.0 Å². The largest absolute Gasteiger partial charge is 0.398 e. The average Bonchev–Trinajstić information content (AvgIpc) is 1.72. The summed E-state index contributed by atoms with van der Waals surface area (Å²) in [5.74, 6) is -8.07. The summed E-state index contributed by atoms with van der Waals surface area (Å²) >= 11 is 15.0. The highest BCUT2D eigenvalue weighted by Gasteiger charge is 2.49. The maximum atomic E-state index is 13.6. The van der Waals surface area contributed by atoms with Crippen LogP contribution in [-0.4, -0.2) is 195 Å². The molecular formula is C70H66Cl3N15O17. The van der Waals surface area contributed by atoms with Crippen LogP contribution in [0, 0.1) is 6.92 Å². The molecule has 544 valence electrons. The summed E-state index contributed by atoms with van der Waals surface area (Å²) in [6.45, 7) is 5.77. The molecule has 14 amide bonds. The van der Waals surface area contributed by atoms with Crippen molar-refractivity contribution in [2.75, 3.05) is 65.8 Å². The molecule has 6 aromatic rings. The Hall–Kier alpha value is -11.4. The molecule has 1 aliphatic carbocycles. The van der Waals surface area contributed by atoms with Crippen molar-refractivity contribution in [3.05, 3.63) is 146 Å². The number of nitrogen functional groups attached to an aromatic ring is 1. The number of pyridine rings is 2. The molecule has 14 rings (SSSR count). The van der Waals surface area contributed by atoms with E-state index in [9.17, 15) is 81.5 Å². The van der Waals surface area contributed by atoms with Crippen LogP contribution in [0.2, 0.25) is 0 Å². The lowest BCUT2D eigenvalue weighted by atomic mass is 10.0. The molecule has 3 atom stereocenters. The topological polar surface area (TPSA) is 436 Å². The first-order valence-electron chi connectivity index (χ1n) is 33.2. The van der Waals surface area contributed by atoms with Crippen LogP contribution in [-0.2, 0) is 49.6 Å². The van der Waals surface area contributed by atoms with Gasteiger partial charge in [-0.1, -0.05) is 31.0 Å². The van der Waals surface area contributed by atoms with E-state index < -0.39 is 100 Å². The number of carbonyl (C=O) groups is 16. The number of hydrogen-bond donors (Lipinski definition) is 6. The molecule has 5 fully saturated rings. The highest BCUT2D eigenvalue weighted by atomic mass is 35.5. The van der Waals surface area contributed by atoms with Crippen LogP contribution in [0.15, 0.2) is 83.9 Å². The third kappa shape index (κ3) is 15.5. The van der Waals surface area contributed by atoms with Crippen molar-refractivity contribution >= 4 is 162 Å². The van der Waals surface area contributed by atoms with Crippen molar-refractivity contribution in [3.63, 3.8) is 0 Å². The number of nitrogens with two attached hydrogens (primary N) is 1. The van der Waals surface area contributed by atoms with Crippen LogP contribution in [0.4, 0.5) is 22.7 Å². The van der Waals surface area contributed by atoms with E-state index in [-0.39, 0.29) is 136 Å². The summed E-state index contributed by atoms with van der Waals surface area (Å²) in [5.41, 5.74) is 9.63. The van der Waals surface area contributed by atoms with Gasteiger partial charge >= 0.3 is 0 Å². The normalized spacial score (nSPS) is 19.3. The molecule has 1 saturated carbocycles. The molecule has 7 aliphatic heterocycles. The number of aromatic nitrogens is 4. The molecule has 0 radical (unpaired) electrons. The smallest absolute Gasteiger partial charge is 0.264 e. The molecule has 4 saturated heterocycles. The first-order valence-corrected chi connectivity index (χ1v) is 34.7. The third-order valence-electron chi connectivity index (χ3n) is 18.8. The maximum absolute atomic E-state index is 13.6. The van der Waals surface area contributed by atoms with Gasteiger partial charge in [0.15, 0.2) is 5.78 Å². The number of rotatable bonds is 14. The fourth-order valence-electron chi connectivity index (χ4n) is 13.8. The number of alkyl halides is 2. The van der Waals surface area contributed by atoms with E-state index in [1.807, 2.05) is 23.2 Å². The van der Waals surface area contributed by atoms with E-state index in [2.05, 4.69) is 36.5 Å². The number of halogens is 3. The number of anilines is 4. The average molecular weight is 1500 g/mol. The van der Waals surface area contributed by atoms with Gasteiger partial charge in [0, 0.05) is 74.4 Å². The minimum Gasteiger partial charge on any atom is -0.398 e. The van der Waals surface area contributed by atoms with E-state index in [1.54, 1.807) is 35.9 Å². The van der Waals surface area contributed by atoms with E-state index in [1.165, 1.54) is 43.3 Å². The number of hydrogen-bond acceptors (Lipinski definition) is 23. The highest BCUT2D eigenvalue weighted by Crippen LogP contribution is 2.37. The van der Waals surface area contributed by atoms with Gasteiger partial charge in [0.25, 0.3) is 41.0 Å². The minimum absolute atomic E-state index is 0.000761. The number of amides is 14. The summed E-state index contributed by atoms with van der Waals surface area (Å²) in [4.78, 5) is 228. The fourth-order valence-corrected chi connectivity index (χ4v) is 13.8. The number of Topliss-reactive ketones (excluding diaryl/α,β-unsaturated/α-hetero) is 1. The van der Waals surface area contributed by atoms with Crippen LogP contribution in [0.5, 0.6) is 0 Å². The summed E-state index contributed by atoms with van der Waals surface area (Å²) < 4.78 is 1.71. The SMILES string of the molecule is CC(=O)c1c(C)c2cnc(Cc3ccc(N4CCN(CC(=O)Nc5cccc6c5C(=O)N(C5CCC(=O)NC5=O)C6=O)CC4)cn3)nc2n(C2CCCC2)c1=O.Nc1cccc2c1C(=O)N(C1CCC(=O)NC1=O)C2=O.O=C(Cl)CCl.O=C1CCC(N2C(=O)c3cccc(NC(=O)CCl)c3C2=O)C(=O)N1. The number of aryl methyl sites for hydroxylation is 1. The second kappa shape index (κ2) is 31.7. The van der Waals surface area contributed by atoms with Gasteiger partial charge in [-0.3, -0.25) is 127 Å². The van der Waals surface area contributed by atoms with Crippen molar-refractivity contribution in [2.45, 2.75) is 109 Å². The number of imide groups is 6. The number of ketones is 1. The zero-order chi connectivity index (χ0) is 75.4. The highest BCUT2D eigenvalue weighted by molar-refractivity contribution is 6.67. The number of benzene rings is 3. The molecule has 3 unspecified atom stereocenters. The van der Waals surface area contributed by atoms with Crippen molar-refractivity contribution < 1.29 is 76.7 Å². The summed E-state index contributed by atoms with van der Waals surface area (Å²) in [7, 11) is 0. The molecule has 105 heavy (non-hydrogen) atoms. The summed E-state index contributed by atoms with van der Waals surface area (Å²) in [5, 5.41) is 11.9. The number of piperidine rings is 3. The van der Waals surface area contributed by atoms with Crippen molar-refractivity contribution in [2.24, 2.45) is 0 Å². The number of carbonyl (C=O) groups excluding carboxylic acids is 16. The number of fused-ring (bicyclic) bond motifs is 4. The Morgan fingerprint density at radius 2 is 1.03 bits per heavy atom. The molecule has 3 aromatic heterocycles. The molecule has 35 heteroatoms. The molecule has 0 bridgehead atoms. The second-order valence-electron chi connectivity index (χ2n) is 25.4. The monoisotopic (exact) mass is 1490 g/mol. The van der Waals surface area contributed by atoms with Crippen LogP contribution < -0.4 is 42.8 Å². The summed E-state index contributed by atoms with van der Waals surface area (Å²) in [6, 6.07) is 14.5. The van der Waals surface area contributed by atoms with Gasteiger partial charge in [0.2, 0.25) is 52.5 Å². The molecule has 7 N–H and O–H groups in total. The van der Waals surface area contributed by atoms with Crippen molar-refractivity contribution in [1.29, 1.82) is 0 Å². The van der Waals surface area contributed by atoms with Gasteiger partial charge in [-0.15, -0.1) is 23.2 Å². The predicted molar refractivity (Wildman–Crippen MR) is 375 cm³/mol. The third-order valence-corrected chi connectivity index (χ3v) is 19.5. The molecule has 32 nitrogen and oxygen atoms in total. The molecule has 8 aliphatic rings. The molecule has 3 aromatic carbocycles. The zero-order valence-electron chi connectivity index (χ0n) is 56.2. The molecular weight excluding hydrogens is 1430 g/mol. The Labute approximate surface area is 611 Å². The Bertz CT molecular complexity index is 4800. The molecule has 0 spiro atoms. The fraction of sp³-hybridized carbons (Fsp3) is 0.343. The second-order valence-corrected chi connectivity index (χ2v) is 26.4. The lowest BCUT2D eigenvalue weighted by Gasteiger charge is -2.35. The van der Waals surface area contributed by atoms with E-state index in [0.717, 1.165) is 51.8 Å². The van der Waals surface area contributed by atoms with Crippen LogP contribution in [0.25, 0.3) is 11.0 Å². The van der Waals surface area contributed by atoms with Gasteiger partial charge in [-0.05, 0) is 112 Å². The van der Waals surface area contributed by atoms with Gasteiger partial charge in [0.1, 0.15) is 35.5 Å². The minimum atomic E-state index is -1.10. The standard InChI is InChI=1S/C40H41N9O7.C15H12ClN3O5.C13H11N3O4.C2H2Cl2O/c1-22-28-20-42-31(44-36(28)48(25-6-3-4-7-25)39(55)34(22)23(2)50)18-24-10-11-26(19-41-24)47-16-14-46(15-17-47)21-33(52)43-29-9-5-8-27-35(29)40(56)49(38(27)54)30-12-13-32(51)45-37(30)53;16-6-11(21)17-8-3-1-2-7-12(8)15(24)19(14(7)23)9-4-5-10(20)18-13(9)22;14-7-3-1-2-6-10(7)13(20)16(12(6)19)8-4-5-9(17)15-11(8)18;3-1-2(4)5/h5,8-11,19-20,25,30H,3-4,6-7,12-18,21H2,1-2H3,(H,43,52)(H,45,51,53);1-3,9H,4-6H2,(H,17,21)(H,18,20,22);1-3,8H,4-5,14H2,(H,15,17,18);1H2. The Balaban J connectivity index is 0.000000183. The van der Waals surface area contributed by atoms with Crippen LogP contribution in [0.1, 0.15) is 167 Å². The van der Waals surface area contributed by atoms with Gasteiger partial charge in [-0.25, -0.2) is 9.97 Å². The predicted octanol–water partition coefficient (Wildman–Crippen LogP) is 3.49. The summed E-state index contributed by atoms with van der Waals surface area (Å²) in [6.07, 6.45) is 8.08. The quantitative estimate of drug-likeness (QED) is 0.0299. The van der Waals surface area contributed by atoms with Gasteiger partial charge < -0.3 is 21.3 Å². The lowest BCUT2D eigenvalue weighted by molar-refractivity contribution is -0.137. The van der Waals surface area contributed by atoms with Gasteiger partial charge in [0.05, 0.1) is 81.0 Å². The number of piperazine rings is 1. The molecule has 10 heterocycles. The van der Waals surface area contributed by atoms with Crippen molar-refractivity contribution in [1.82, 2.24) is 55.1 Å². The van der Waals surface area contributed by atoms with Gasteiger partial charge in [-0.2, -0.15) is 0 Å². The van der Waals surface area contributed by atoms with Crippen molar-refractivity contribution in [3.8, 4) is 0 Å². The number of nitrogens with one attached hydrogen (secondary N) is 5. The van der Waals surface area contributed by atoms with Crippen LogP contribution in [0.3, 0.4) is 0 Å². The maximum Gasteiger partial charge on any atom is 0.264 e. The lowest BCUT2D eigenvalue weighted by Crippen LogP contribution is -2.54. The van der Waals surface area contributed by atoms with E-state index in [4.69, 9.17) is 50.5 Å². The zero-order valence-corrected chi connectivity index (χ0v) is 58.5. The van der Waals surface area contributed by atoms with E-state index >= 15 is 0 Å². The Morgan fingerprint density at radius 3 is 1.47 bits per heavy atom. The number of nitrogens with zero attached hydrogens (tertiary/aromatic N) is 9. The first-order chi connectivity index (χ1) is 50.2.